The lowest BCUT2D eigenvalue weighted by Gasteiger charge is -2.06. The first kappa shape index (κ1) is 19.7. The van der Waals surface area contributed by atoms with Gasteiger partial charge in [0.15, 0.2) is 18.1 Å². The van der Waals surface area contributed by atoms with Crippen LogP contribution in [0.1, 0.15) is 5.56 Å². The largest absolute Gasteiger partial charge is 0.586 e. The van der Waals surface area contributed by atoms with Gasteiger partial charge in [0.25, 0.3) is 11.6 Å². The third-order valence-corrected chi connectivity index (χ3v) is 3.52. The number of carbonyl (C=O) groups excluding carboxylic acids is 2. The summed E-state index contributed by atoms with van der Waals surface area (Å²) < 4.78 is 39.2. The van der Waals surface area contributed by atoms with Crippen molar-refractivity contribution in [2.75, 3.05) is 11.9 Å². The van der Waals surface area contributed by atoms with Crippen LogP contribution in [0.15, 0.2) is 48.5 Å². The van der Waals surface area contributed by atoms with Crippen molar-refractivity contribution in [2.45, 2.75) is 6.29 Å². The monoisotopic (exact) mass is 406 g/mol. The standard InChI is InChI=1S/C18H12F2N2O7/c19-18(20)28-14-6-5-12(9-15(14)29-18)21-16(23)10-27-17(24)7-4-11-2-1-3-13(8-11)22(25)26/h1-9H,10H2,(H,21,23)/b7-4+. The van der Waals surface area contributed by atoms with Crippen LogP contribution >= 0.6 is 0 Å². The van der Waals surface area contributed by atoms with Crippen LogP contribution in [-0.4, -0.2) is 29.7 Å². The number of carbonyl (C=O) groups is 2. The summed E-state index contributed by atoms with van der Waals surface area (Å²) in [6, 6.07) is 9.21. The number of ether oxygens (including phenoxy) is 3. The second-order valence-corrected chi connectivity index (χ2v) is 5.67. The van der Waals surface area contributed by atoms with E-state index in [4.69, 9.17) is 4.74 Å². The molecule has 29 heavy (non-hydrogen) atoms. The van der Waals surface area contributed by atoms with Crippen LogP contribution in [0.2, 0.25) is 0 Å². The van der Waals surface area contributed by atoms with Crippen LogP contribution < -0.4 is 14.8 Å². The Kier molecular flexibility index (Phi) is 5.39. The molecule has 11 heteroatoms. The van der Waals surface area contributed by atoms with Crippen molar-refractivity contribution in [2.24, 2.45) is 0 Å². The molecule has 0 fully saturated rings. The van der Waals surface area contributed by atoms with Crippen molar-refractivity contribution in [1.82, 2.24) is 0 Å². The molecular weight excluding hydrogens is 394 g/mol. The molecule has 3 rings (SSSR count). The molecule has 0 saturated heterocycles. The van der Waals surface area contributed by atoms with Crippen LogP contribution in [0.4, 0.5) is 20.2 Å². The summed E-state index contributed by atoms with van der Waals surface area (Å²) in [6.07, 6.45) is -1.47. The summed E-state index contributed by atoms with van der Waals surface area (Å²) in [5.41, 5.74) is 0.400. The fourth-order valence-electron chi connectivity index (χ4n) is 2.31. The van der Waals surface area contributed by atoms with Gasteiger partial charge in [-0.15, -0.1) is 8.78 Å². The van der Waals surface area contributed by atoms with Gasteiger partial charge in [-0.1, -0.05) is 12.1 Å². The molecule has 0 unspecified atom stereocenters. The van der Waals surface area contributed by atoms with Gasteiger partial charge in [-0.2, -0.15) is 0 Å². The maximum absolute atomic E-state index is 13.0. The molecule has 0 aliphatic carbocycles. The zero-order chi connectivity index (χ0) is 21.0. The summed E-state index contributed by atoms with van der Waals surface area (Å²) in [6.45, 7) is -0.636. The Morgan fingerprint density at radius 1 is 1.17 bits per heavy atom. The number of benzene rings is 2. The van der Waals surface area contributed by atoms with Crippen molar-refractivity contribution in [3.8, 4) is 11.5 Å². The van der Waals surface area contributed by atoms with Gasteiger partial charge in [-0.05, 0) is 23.8 Å². The Morgan fingerprint density at radius 2 is 1.93 bits per heavy atom. The van der Waals surface area contributed by atoms with E-state index in [2.05, 4.69) is 14.8 Å². The predicted molar refractivity (Wildman–Crippen MR) is 94.4 cm³/mol. The first-order valence-electron chi connectivity index (χ1n) is 8.01. The molecule has 0 aromatic heterocycles. The lowest BCUT2D eigenvalue weighted by Crippen LogP contribution is -2.25. The third kappa shape index (κ3) is 5.25. The molecule has 1 amide bonds. The highest BCUT2D eigenvalue weighted by atomic mass is 19.3. The highest BCUT2D eigenvalue weighted by Gasteiger charge is 2.43. The zero-order valence-corrected chi connectivity index (χ0v) is 14.5. The number of nitrogens with one attached hydrogen (secondary N) is 1. The van der Waals surface area contributed by atoms with E-state index in [1.165, 1.54) is 36.4 Å². The topological polar surface area (TPSA) is 117 Å². The van der Waals surface area contributed by atoms with Gasteiger partial charge in [0, 0.05) is 30.0 Å². The van der Waals surface area contributed by atoms with E-state index in [-0.39, 0.29) is 22.9 Å². The lowest BCUT2D eigenvalue weighted by atomic mass is 10.2. The van der Waals surface area contributed by atoms with Crippen molar-refractivity contribution in [3.05, 3.63) is 64.2 Å². The molecule has 9 nitrogen and oxygen atoms in total. The number of halogens is 2. The zero-order valence-electron chi connectivity index (χ0n) is 14.5. The van der Waals surface area contributed by atoms with Gasteiger partial charge >= 0.3 is 12.3 Å². The molecule has 1 aliphatic rings. The second-order valence-electron chi connectivity index (χ2n) is 5.67. The van der Waals surface area contributed by atoms with E-state index >= 15 is 0 Å². The highest BCUT2D eigenvalue weighted by molar-refractivity contribution is 5.94. The van der Waals surface area contributed by atoms with E-state index in [0.717, 1.165) is 12.1 Å². The van der Waals surface area contributed by atoms with Crippen molar-refractivity contribution >= 4 is 29.3 Å². The summed E-state index contributed by atoms with van der Waals surface area (Å²) >= 11 is 0. The fourth-order valence-corrected chi connectivity index (χ4v) is 2.31. The van der Waals surface area contributed by atoms with Gasteiger partial charge in [0.2, 0.25) is 0 Å². The average molecular weight is 406 g/mol. The average Bonchev–Trinajstić information content (AvgIpc) is 2.98. The van der Waals surface area contributed by atoms with E-state index in [0.29, 0.717) is 5.56 Å². The molecule has 0 spiro atoms. The molecule has 1 heterocycles. The number of hydrogen-bond acceptors (Lipinski definition) is 7. The van der Waals surface area contributed by atoms with Crippen molar-refractivity contribution in [1.29, 1.82) is 0 Å². The molecule has 0 saturated carbocycles. The minimum absolute atomic E-state index is 0.137. The normalized spacial score (nSPS) is 13.9. The molecule has 0 radical (unpaired) electrons. The van der Waals surface area contributed by atoms with Gasteiger partial charge in [0.05, 0.1) is 4.92 Å². The Balaban J connectivity index is 1.50. The summed E-state index contributed by atoms with van der Waals surface area (Å²) in [5, 5.41) is 13.1. The number of nitro benzene ring substituents is 1. The number of non-ortho nitro benzene ring substituents is 1. The number of fused-ring (bicyclic) bond motifs is 1. The first-order valence-corrected chi connectivity index (χ1v) is 8.01. The van der Waals surface area contributed by atoms with E-state index in [9.17, 15) is 28.5 Å². The molecule has 0 atom stereocenters. The molecule has 1 aliphatic heterocycles. The number of esters is 1. The van der Waals surface area contributed by atoms with Crippen LogP contribution in [0.5, 0.6) is 11.5 Å². The van der Waals surface area contributed by atoms with Gasteiger partial charge in [0.1, 0.15) is 0 Å². The van der Waals surface area contributed by atoms with Crippen LogP contribution in [0.25, 0.3) is 6.08 Å². The number of hydrogen-bond donors (Lipinski definition) is 1. The van der Waals surface area contributed by atoms with E-state index < -0.39 is 29.7 Å². The number of rotatable bonds is 6. The number of anilines is 1. The molecule has 0 bridgehead atoms. The molecule has 1 N–H and O–H groups in total. The fraction of sp³-hybridized carbons (Fsp3) is 0.111. The smallest absolute Gasteiger partial charge is 0.452 e. The van der Waals surface area contributed by atoms with Gasteiger partial charge < -0.3 is 19.5 Å². The Bertz CT molecular complexity index is 1010. The molecule has 2 aromatic rings. The number of amides is 1. The number of nitro groups is 1. The third-order valence-electron chi connectivity index (χ3n) is 3.52. The molecule has 150 valence electrons. The summed E-state index contributed by atoms with van der Waals surface area (Å²) in [7, 11) is 0. The number of alkyl halides is 2. The van der Waals surface area contributed by atoms with Gasteiger partial charge in [-0.25, -0.2) is 4.79 Å². The Hall–Kier alpha value is -4.02. The number of nitrogens with zero attached hydrogens (tertiary/aromatic N) is 1. The highest BCUT2D eigenvalue weighted by Crippen LogP contribution is 2.42. The molecular formula is C18H12F2N2O7. The van der Waals surface area contributed by atoms with E-state index in [1.54, 1.807) is 6.07 Å². The van der Waals surface area contributed by atoms with Crippen molar-refractivity contribution < 1.29 is 37.5 Å². The SMILES string of the molecule is O=C(COC(=O)/C=C/c1cccc([N+](=O)[O-])c1)Nc1ccc2c(c1)OC(F)(F)O2. The van der Waals surface area contributed by atoms with Crippen LogP contribution in [0, 0.1) is 10.1 Å². The quantitative estimate of drug-likeness (QED) is 0.339. The Labute approximate surface area is 161 Å². The first-order chi connectivity index (χ1) is 13.7. The predicted octanol–water partition coefficient (Wildman–Crippen LogP) is 3.11. The van der Waals surface area contributed by atoms with Crippen molar-refractivity contribution in [3.63, 3.8) is 0 Å². The minimum atomic E-state index is -3.77. The summed E-state index contributed by atoms with van der Waals surface area (Å²) in [4.78, 5) is 33.6. The van der Waals surface area contributed by atoms with E-state index in [1.807, 2.05) is 0 Å². The van der Waals surface area contributed by atoms with Crippen LogP contribution in [0.3, 0.4) is 0 Å². The molecule has 2 aromatic carbocycles. The maximum Gasteiger partial charge on any atom is 0.586 e. The minimum Gasteiger partial charge on any atom is -0.452 e. The second kappa shape index (κ2) is 7.92. The van der Waals surface area contributed by atoms with Gasteiger partial charge in [-0.3, -0.25) is 14.9 Å². The maximum atomic E-state index is 13.0. The lowest BCUT2D eigenvalue weighted by molar-refractivity contribution is -0.384. The summed E-state index contributed by atoms with van der Waals surface area (Å²) in [5.74, 6) is -1.99. The Morgan fingerprint density at radius 3 is 2.69 bits per heavy atom. The van der Waals surface area contributed by atoms with Crippen LogP contribution in [-0.2, 0) is 14.3 Å².